The molecule has 0 heterocycles. The second kappa shape index (κ2) is 6.23. The Balaban J connectivity index is 2.59. The van der Waals surface area contributed by atoms with Crippen LogP contribution in [0.15, 0.2) is 30.3 Å². The van der Waals surface area contributed by atoms with Gasteiger partial charge in [0.05, 0.1) is 6.10 Å². The van der Waals surface area contributed by atoms with Gasteiger partial charge in [0.1, 0.15) is 6.29 Å². The van der Waals surface area contributed by atoms with Crippen LogP contribution < -0.4 is 0 Å². The number of allylic oxidation sites excluding steroid dienone is 1. The van der Waals surface area contributed by atoms with Gasteiger partial charge in [-0.15, -0.1) is 0 Å². The van der Waals surface area contributed by atoms with Crippen LogP contribution in [0.1, 0.15) is 36.2 Å². The fraction of sp³-hybridized carbons (Fsp3) is 0.357. The van der Waals surface area contributed by atoms with Gasteiger partial charge in [-0.3, -0.25) is 4.79 Å². The zero-order valence-electron chi connectivity index (χ0n) is 9.76. The van der Waals surface area contributed by atoms with E-state index >= 15 is 0 Å². The number of carbonyl (C=O) groups is 1. The minimum atomic E-state index is -0.286. The first-order chi connectivity index (χ1) is 7.63. The van der Waals surface area contributed by atoms with Gasteiger partial charge in [-0.25, -0.2) is 0 Å². The molecule has 2 heteroatoms. The minimum Gasteiger partial charge on any atom is -0.393 e. The summed E-state index contributed by atoms with van der Waals surface area (Å²) < 4.78 is 0. The van der Waals surface area contributed by atoms with E-state index in [1.807, 2.05) is 37.3 Å². The number of carbonyl (C=O) groups excluding carboxylic acids is 1. The molecule has 0 amide bonds. The number of hydrogen-bond donors (Lipinski definition) is 1. The van der Waals surface area contributed by atoms with E-state index < -0.39 is 0 Å². The molecule has 1 aromatic rings. The molecule has 0 saturated heterocycles. The van der Waals surface area contributed by atoms with E-state index in [2.05, 4.69) is 0 Å². The maximum atomic E-state index is 10.6. The predicted octanol–water partition coefficient (Wildman–Crippen LogP) is 2.92. The zero-order valence-corrected chi connectivity index (χ0v) is 9.76. The van der Waals surface area contributed by atoms with Crippen molar-refractivity contribution in [1.29, 1.82) is 0 Å². The Labute approximate surface area is 96.6 Å². The van der Waals surface area contributed by atoms with Crippen LogP contribution in [0.4, 0.5) is 0 Å². The molecule has 0 radical (unpaired) electrons. The van der Waals surface area contributed by atoms with Gasteiger partial charge in [-0.05, 0) is 30.9 Å². The summed E-state index contributed by atoms with van der Waals surface area (Å²) >= 11 is 0. The molecular weight excluding hydrogens is 200 g/mol. The van der Waals surface area contributed by atoms with Gasteiger partial charge in [0.15, 0.2) is 0 Å². The summed E-state index contributed by atoms with van der Waals surface area (Å²) in [4.78, 5) is 10.6. The monoisotopic (exact) mass is 218 g/mol. The first kappa shape index (κ1) is 12.7. The van der Waals surface area contributed by atoms with Crippen LogP contribution in [0.2, 0.25) is 0 Å². The Morgan fingerprint density at radius 1 is 1.31 bits per heavy atom. The highest BCUT2D eigenvalue weighted by atomic mass is 16.3. The predicted molar refractivity (Wildman–Crippen MR) is 66.3 cm³/mol. The van der Waals surface area contributed by atoms with Crippen LogP contribution >= 0.6 is 0 Å². The smallest absolute Gasteiger partial charge is 0.150 e. The highest BCUT2D eigenvalue weighted by Gasteiger charge is 2.05. The SMILES string of the molecule is CC(O)C(C)C/C=C/c1cccc(C=O)c1. The van der Waals surface area contributed by atoms with Gasteiger partial charge >= 0.3 is 0 Å². The van der Waals surface area contributed by atoms with Crippen molar-refractivity contribution < 1.29 is 9.90 Å². The van der Waals surface area contributed by atoms with Crippen LogP contribution in [-0.2, 0) is 0 Å². The molecular formula is C14H18O2. The van der Waals surface area contributed by atoms with E-state index in [4.69, 9.17) is 0 Å². The molecule has 0 saturated carbocycles. The molecule has 0 aromatic heterocycles. The van der Waals surface area contributed by atoms with E-state index in [0.717, 1.165) is 18.3 Å². The quantitative estimate of drug-likeness (QED) is 0.771. The lowest BCUT2D eigenvalue weighted by Crippen LogP contribution is -2.11. The van der Waals surface area contributed by atoms with Crippen molar-refractivity contribution in [3.8, 4) is 0 Å². The summed E-state index contributed by atoms with van der Waals surface area (Å²) in [6.45, 7) is 3.81. The maximum Gasteiger partial charge on any atom is 0.150 e. The number of aldehydes is 1. The molecule has 0 aliphatic heterocycles. The molecule has 86 valence electrons. The number of aliphatic hydroxyl groups is 1. The Morgan fingerprint density at radius 2 is 2.00 bits per heavy atom. The van der Waals surface area contributed by atoms with E-state index in [1.54, 1.807) is 13.0 Å². The minimum absolute atomic E-state index is 0.255. The lowest BCUT2D eigenvalue weighted by molar-refractivity contribution is 0.112. The van der Waals surface area contributed by atoms with Crippen molar-refractivity contribution >= 4 is 12.4 Å². The molecule has 16 heavy (non-hydrogen) atoms. The van der Waals surface area contributed by atoms with Crippen LogP contribution in [0.5, 0.6) is 0 Å². The summed E-state index contributed by atoms with van der Waals surface area (Å²) in [7, 11) is 0. The van der Waals surface area contributed by atoms with Crippen LogP contribution in [-0.4, -0.2) is 17.5 Å². The second-order valence-corrected chi connectivity index (χ2v) is 4.14. The van der Waals surface area contributed by atoms with E-state index in [-0.39, 0.29) is 12.0 Å². The van der Waals surface area contributed by atoms with Crippen molar-refractivity contribution in [1.82, 2.24) is 0 Å². The van der Waals surface area contributed by atoms with Gasteiger partial charge in [0.2, 0.25) is 0 Å². The molecule has 0 aliphatic carbocycles. The lowest BCUT2D eigenvalue weighted by atomic mass is 10.0. The summed E-state index contributed by atoms with van der Waals surface area (Å²) in [6, 6.07) is 7.44. The normalized spacial score (nSPS) is 14.9. The molecule has 0 aliphatic rings. The van der Waals surface area contributed by atoms with Gasteiger partial charge in [0, 0.05) is 5.56 Å². The molecule has 1 rings (SSSR count). The van der Waals surface area contributed by atoms with Crippen LogP contribution in [0.3, 0.4) is 0 Å². The first-order valence-corrected chi connectivity index (χ1v) is 5.53. The third kappa shape index (κ3) is 3.99. The summed E-state index contributed by atoms with van der Waals surface area (Å²) in [6.07, 6.45) is 5.40. The topological polar surface area (TPSA) is 37.3 Å². The summed E-state index contributed by atoms with van der Waals surface area (Å²) in [5.41, 5.74) is 1.70. The van der Waals surface area contributed by atoms with Crippen molar-refractivity contribution in [3.63, 3.8) is 0 Å². The second-order valence-electron chi connectivity index (χ2n) is 4.14. The Hall–Kier alpha value is -1.41. The van der Waals surface area contributed by atoms with Crippen molar-refractivity contribution in [2.75, 3.05) is 0 Å². The fourth-order valence-electron chi connectivity index (χ4n) is 1.35. The van der Waals surface area contributed by atoms with Crippen LogP contribution in [0, 0.1) is 5.92 Å². The maximum absolute atomic E-state index is 10.6. The van der Waals surface area contributed by atoms with Gasteiger partial charge < -0.3 is 5.11 Å². The molecule has 1 aromatic carbocycles. The Morgan fingerprint density at radius 3 is 2.62 bits per heavy atom. The largest absolute Gasteiger partial charge is 0.393 e. The summed E-state index contributed by atoms with van der Waals surface area (Å²) in [5, 5.41) is 9.32. The molecule has 0 fully saturated rings. The van der Waals surface area contributed by atoms with Gasteiger partial charge in [-0.1, -0.05) is 37.3 Å². The number of aliphatic hydroxyl groups excluding tert-OH is 1. The number of hydrogen-bond acceptors (Lipinski definition) is 2. The highest BCUT2D eigenvalue weighted by molar-refractivity contribution is 5.76. The van der Waals surface area contributed by atoms with Crippen molar-refractivity contribution in [2.45, 2.75) is 26.4 Å². The van der Waals surface area contributed by atoms with Crippen molar-refractivity contribution in [3.05, 3.63) is 41.5 Å². The highest BCUT2D eigenvalue weighted by Crippen LogP contribution is 2.11. The molecule has 2 unspecified atom stereocenters. The molecule has 0 spiro atoms. The van der Waals surface area contributed by atoms with Crippen LogP contribution in [0.25, 0.3) is 6.08 Å². The number of benzene rings is 1. The van der Waals surface area contributed by atoms with Crippen molar-refractivity contribution in [2.24, 2.45) is 5.92 Å². The van der Waals surface area contributed by atoms with Gasteiger partial charge in [-0.2, -0.15) is 0 Å². The summed E-state index contributed by atoms with van der Waals surface area (Å²) in [5.74, 6) is 0.255. The zero-order chi connectivity index (χ0) is 12.0. The standard InChI is InChI=1S/C14H18O2/c1-11(12(2)16)5-3-6-13-7-4-8-14(9-13)10-15/h3-4,6-12,16H,5H2,1-2H3/b6-3+. The average molecular weight is 218 g/mol. The molecule has 2 nitrogen and oxygen atoms in total. The molecule has 0 bridgehead atoms. The first-order valence-electron chi connectivity index (χ1n) is 5.53. The fourth-order valence-corrected chi connectivity index (χ4v) is 1.35. The Kier molecular flexibility index (Phi) is 4.93. The average Bonchev–Trinajstić information content (AvgIpc) is 2.29. The third-order valence-electron chi connectivity index (χ3n) is 2.69. The lowest BCUT2D eigenvalue weighted by Gasteiger charge is -2.11. The van der Waals surface area contributed by atoms with E-state index in [0.29, 0.717) is 5.56 Å². The number of rotatable bonds is 5. The third-order valence-corrected chi connectivity index (χ3v) is 2.69. The molecule has 2 atom stereocenters. The van der Waals surface area contributed by atoms with E-state index in [9.17, 15) is 9.90 Å². The van der Waals surface area contributed by atoms with Gasteiger partial charge in [0.25, 0.3) is 0 Å². The Bertz CT molecular complexity index is 367. The molecule has 1 N–H and O–H groups in total. The van der Waals surface area contributed by atoms with E-state index in [1.165, 1.54) is 0 Å².